The molecule has 0 saturated heterocycles. The van der Waals surface area contributed by atoms with Crippen molar-refractivity contribution in [2.24, 2.45) is 0 Å². The molecule has 0 unspecified atom stereocenters. The van der Waals surface area contributed by atoms with E-state index in [0.29, 0.717) is 17.8 Å². The van der Waals surface area contributed by atoms with Crippen LogP contribution >= 0.6 is 0 Å². The molecule has 0 saturated carbocycles. The van der Waals surface area contributed by atoms with Crippen LogP contribution in [-0.2, 0) is 21.2 Å². The van der Waals surface area contributed by atoms with Gasteiger partial charge in [0.1, 0.15) is 6.04 Å². The van der Waals surface area contributed by atoms with Crippen molar-refractivity contribution in [2.75, 3.05) is 15.9 Å². The van der Waals surface area contributed by atoms with Crippen LogP contribution in [0.15, 0.2) is 48.5 Å². The molecule has 26 heavy (non-hydrogen) atoms. The highest BCUT2D eigenvalue weighted by Crippen LogP contribution is 2.24. The van der Waals surface area contributed by atoms with E-state index in [2.05, 4.69) is 12.2 Å². The van der Waals surface area contributed by atoms with Crippen LogP contribution in [0.3, 0.4) is 0 Å². The first kappa shape index (κ1) is 20.0. The van der Waals surface area contributed by atoms with Gasteiger partial charge in [-0.3, -0.25) is 9.10 Å². The van der Waals surface area contributed by atoms with E-state index in [0.717, 1.165) is 18.2 Å². The first-order valence-electron chi connectivity index (χ1n) is 8.72. The summed E-state index contributed by atoms with van der Waals surface area (Å²) in [5.74, 6) is -0.344. The molecule has 0 aliphatic heterocycles. The molecule has 2 aromatic carbocycles. The Balaban J connectivity index is 2.33. The van der Waals surface area contributed by atoms with Gasteiger partial charge in [-0.2, -0.15) is 0 Å². The molecule has 0 aliphatic rings. The zero-order valence-electron chi connectivity index (χ0n) is 15.7. The van der Waals surface area contributed by atoms with E-state index in [4.69, 9.17) is 0 Å². The lowest BCUT2D eigenvalue weighted by Crippen LogP contribution is -2.47. The van der Waals surface area contributed by atoms with Crippen molar-refractivity contribution in [3.63, 3.8) is 0 Å². The topological polar surface area (TPSA) is 66.5 Å². The fraction of sp³-hybridized carbons (Fsp3) is 0.350. The van der Waals surface area contributed by atoms with Crippen LogP contribution in [0.4, 0.5) is 11.4 Å². The number of carbonyl (C=O) groups is 1. The maximum absolute atomic E-state index is 12.8. The van der Waals surface area contributed by atoms with Gasteiger partial charge in [0.15, 0.2) is 0 Å². The zero-order valence-corrected chi connectivity index (χ0v) is 16.5. The predicted molar refractivity (Wildman–Crippen MR) is 107 cm³/mol. The van der Waals surface area contributed by atoms with Crippen molar-refractivity contribution in [3.8, 4) is 0 Å². The number of nitrogens with zero attached hydrogens (tertiary/aromatic N) is 1. The second kappa shape index (κ2) is 8.36. The number of anilines is 2. The van der Waals surface area contributed by atoms with Gasteiger partial charge in [0.2, 0.25) is 15.9 Å². The van der Waals surface area contributed by atoms with E-state index in [1.54, 1.807) is 25.1 Å². The van der Waals surface area contributed by atoms with Gasteiger partial charge in [0, 0.05) is 5.69 Å². The van der Waals surface area contributed by atoms with Gasteiger partial charge in [-0.15, -0.1) is 0 Å². The number of hydrogen-bond acceptors (Lipinski definition) is 3. The van der Waals surface area contributed by atoms with Crippen LogP contribution in [0.1, 0.15) is 31.4 Å². The number of rotatable bonds is 7. The average molecular weight is 375 g/mol. The zero-order chi connectivity index (χ0) is 19.3. The maximum Gasteiger partial charge on any atom is 0.248 e. The van der Waals surface area contributed by atoms with Gasteiger partial charge in [-0.05, 0) is 55.2 Å². The molecular formula is C20H26N2O3S. The quantitative estimate of drug-likeness (QED) is 0.803. The third-order valence-electron chi connectivity index (χ3n) is 4.22. The highest BCUT2D eigenvalue weighted by atomic mass is 32.2. The van der Waals surface area contributed by atoms with Gasteiger partial charge >= 0.3 is 0 Å². The van der Waals surface area contributed by atoms with Crippen molar-refractivity contribution in [2.45, 2.75) is 39.7 Å². The number of carbonyl (C=O) groups excluding carboxylic acids is 1. The third-order valence-corrected chi connectivity index (χ3v) is 5.40. The summed E-state index contributed by atoms with van der Waals surface area (Å²) < 4.78 is 26.1. The normalized spacial score (nSPS) is 12.5. The monoisotopic (exact) mass is 374 g/mol. The van der Waals surface area contributed by atoms with Gasteiger partial charge < -0.3 is 5.32 Å². The van der Waals surface area contributed by atoms with E-state index >= 15 is 0 Å². The summed E-state index contributed by atoms with van der Waals surface area (Å²) in [6, 6.07) is 13.9. The van der Waals surface area contributed by atoms with Crippen LogP contribution in [-0.4, -0.2) is 26.6 Å². The van der Waals surface area contributed by atoms with Gasteiger partial charge in [-0.1, -0.05) is 38.1 Å². The van der Waals surface area contributed by atoms with Crippen LogP contribution in [0.25, 0.3) is 0 Å². The number of aryl methyl sites for hydroxylation is 2. The molecule has 0 aromatic heterocycles. The summed E-state index contributed by atoms with van der Waals surface area (Å²) in [6.07, 6.45) is 2.40. The third kappa shape index (κ3) is 4.85. The van der Waals surface area contributed by atoms with Gasteiger partial charge in [0.05, 0.1) is 11.9 Å². The first-order valence-corrected chi connectivity index (χ1v) is 10.6. The minimum atomic E-state index is -3.62. The molecule has 2 aromatic rings. The lowest BCUT2D eigenvalue weighted by Gasteiger charge is -2.30. The SMILES string of the molecule is CCc1ccc(NC(=O)[C@H](CC)N(c2cccc(C)c2)S(C)(=O)=O)cc1. The lowest BCUT2D eigenvalue weighted by atomic mass is 10.1. The predicted octanol–water partition coefficient (Wildman–Crippen LogP) is 3.74. The summed E-state index contributed by atoms with van der Waals surface area (Å²) in [5, 5.41) is 2.84. The Labute approximate surface area is 156 Å². The summed E-state index contributed by atoms with van der Waals surface area (Å²) >= 11 is 0. The minimum Gasteiger partial charge on any atom is -0.324 e. The Morgan fingerprint density at radius 3 is 2.27 bits per heavy atom. The average Bonchev–Trinajstić information content (AvgIpc) is 2.58. The highest BCUT2D eigenvalue weighted by Gasteiger charge is 2.31. The van der Waals surface area contributed by atoms with Crippen LogP contribution < -0.4 is 9.62 Å². The Kier molecular flexibility index (Phi) is 6.42. The van der Waals surface area contributed by atoms with E-state index in [1.165, 1.54) is 9.87 Å². The van der Waals surface area contributed by atoms with Crippen molar-refractivity contribution in [1.82, 2.24) is 0 Å². The van der Waals surface area contributed by atoms with Crippen LogP contribution in [0.2, 0.25) is 0 Å². The Bertz CT molecular complexity index is 861. The van der Waals surface area contributed by atoms with E-state index in [-0.39, 0.29) is 5.91 Å². The summed E-state index contributed by atoms with van der Waals surface area (Å²) in [6.45, 7) is 5.76. The standard InChI is InChI=1S/C20H26N2O3S/c1-5-16-10-12-17(13-11-16)21-20(23)19(6-2)22(26(4,24)25)18-9-7-8-15(3)14-18/h7-14,19H,5-6H2,1-4H3,(H,21,23)/t19-/m0/s1. The molecule has 0 bridgehead atoms. The second-order valence-corrected chi connectivity index (χ2v) is 8.22. The first-order chi connectivity index (χ1) is 12.3. The smallest absolute Gasteiger partial charge is 0.248 e. The summed E-state index contributed by atoms with van der Waals surface area (Å²) in [7, 11) is -3.62. The van der Waals surface area contributed by atoms with E-state index in [1.807, 2.05) is 37.3 Å². The fourth-order valence-corrected chi connectivity index (χ4v) is 4.08. The molecule has 2 rings (SSSR count). The number of nitrogens with one attached hydrogen (secondary N) is 1. The van der Waals surface area contributed by atoms with Crippen molar-refractivity contribution >= 4 is 27.3 Å². The Morgan fingerprint density at radius 1 is 1.12 bits per heavy atom. The molecule has 140 valence electrons. The highest BCUT2D eigenvalue weighted by molar-refractivity contribution is 7.92. The molecular weight excluding hydrogens is 348 g/mol. The van der Waals surface area contributed by atoms with Crippen molar-refractivity contribution < 1.29 is 13.2 Å². The molecule has 0 fully saturated rings. The summed E-state index contributed by atoms with van der Waals surface area (Å²) in [4.78, 5) is 12.8. The molecule has 1 atom stereocenters. The maximum atomic E-state index is 12.8. The van der Waals surface area contributed by atoms with E-state index in [9.17, 15) is 13.2 Å². The van der Waals surface area contributed by atoms with E-state index < -0.39 is 16.1 Å². The molecule has 0 heterocycles. The van der Waals surface area contributed by atoms with Crippen LogP contribution in [0.5, 0.6) is 0 Å². The Hall–Kier alpha value is -2.34. The summed E-state index contributed by atoms with van der Waals surface area (Å²) in [5.41, 5.74) is 3.26. The number of benzene rings is 2. The largest absolute Gasteiger partial charge is 0.324 e. The Morgan fingerprint density at radius 2 is 1.77 bits per heavy atom. The molecule has 6 heteroatoms. The molecule has 1 N–H and O–H groups in total. The number of sulfonamides is 1. The number of hydrogen-bond donors (Lipinski definition) is 1. The molecule has 1 amide bonds. The van der Waals surface area contributed by atoms with Crippen LogP contribution in [0, 0.1) is 6.92 Å². The molecule has 0 aliphatic carbocycles. The van der Waals surface area contributed by atoms with Gasteiger partial charge in [-0.25, -0.2) is 8.42 Å². The molecule has 5 nitrogen and oxygen atoms in total. The minimum absolute atomic E-state index is 0.344. The molecule has 0 spiro atoms. The fourth-order valence-electron chi connectivity index (χ4n) is 2.87. The lowest BCUT2D eigenvalue weighted by molar-refractivity contribution is -0.117. The second-order valence-electron chi connectivity index (χ2n) is 6.36. The van der Waals surface area contributed by atoms with Crippen molar-refractivity contribution in [1.29, 1.82) is 0 Å². The number of amides is 1. The van der Waals surface area contributed by atoms with Gasteiger partial charge in [0.25, 0.3) is 0 Å². The molecule has 0 radical (unpaired) electrons. The van der Waals surface area contributed by atoms with Crippen molar-refractivity contribution in [3.05, 3.63) is 59.7 Å².